The van der Waals surface area contributed by atoms with E-state index in [1.54, 1.807) is 6.07 Å². The van der Waals surface area contributed by atoms with E-state index in [4.69, 9.17) is 15.7 Å². The van der Waals surface area contributed by atoms with Gasteiger partial charge in [0.25, 0.3) is 0 Å². The molecule has 1 aliphatic rings. The third-order valence-corrected chi connectivity index (χ3v) is 3.48. The van der Waals surface area contributed by atoms with Gasteiger partial charge in [-0.3, -0.25) is 0 Å². The van der Waals surface area contributed by atoms with Gasteiger partial charge in [-0.25, -0.2) is 0 Å². The second kappa shape index (κ2) is 5.09. The highest BCUT2D eigenvalue weighted by Gasteiger charge is 2.23. The van der Waals surface area contributed by atoms with Gasteiger partial charge >= 0.3 is 0 Å². The quantitative estimate of drug-likeness (QED) is 0.794. The van der Waals surface area contributed by atoms with Gasteiger partial charge in [0, 0.05) is 0 Å². The monoisotopic (exact) mass is 230 g/mol. The molecule has 1 aliphatic carbocycles. The average Bonchev–Trinajstić information content (AvgIpc) is 2.32. The zero-order valence-corrected chi connectivity index (χ0v) is 10.1. The van der Waals surface area contributed by atoms with Crippen LogP contribution in [-0.2, 0) is 0 Å². The van der Waals surface area contributed by atoms with Crippen LogP contribution < -0.4 is 10.5 Å². The number of nitriles is 1. The maximum atomic E-state index is 9.08. The van der Waals surface area contributed by atoms with Gasteiger partial charge in [0.05, 0.1) is 5.69 Å². The van der Waals surface area contributed by atoms with Crippen molar-refractivity contribution in [2.75, 3.05) is 5.73 Å². The molecule has 90 valence electrons. The normalized spacial score (nSPS) is 24.0. The second-order valence-electron chi connectivity index (χ2n) is 4.75. The van der Waals surface area contributed by atoms with Crippen LogP contribution in [0.2, 0.25) is 0 Å². The number of ether oxygens (including phenoxy) is 1. The van der Waals surface area contributed by atoms with Gasteiger partial charge in [-0.1, -0.05) is 19.4 Å². The molecule has 0 amide bonds. The van der Waals surface area contributed by atoms with Crippen LogP contribution in [0.5, 0.6) is 5.75 Å². The molecular formula is C14H18N2O. The number of nitrogens with two attached hydrogens (primary N) is 1. The van der Waals surface area contributed by atoms with Crippen molar-refractivity contribution in [1.82, 2.24) is 0 Å². The summed E-state index contributed by atoms with van der Waals surface area (Å²) in [5, 5.41) is 9.08. The van der Waals surface area contributed by atoms with Crippen LogP contribution in [0.3, 0.4) is 0 Å². The van der Waals surface area contributed by atoms with E-state index in [0.717, 1.165) is 6.42 Å². The molecular weight excluding hydrogens is 212 g/mol. The Bertz CT molecular complexity index is 436. The molecule has 2 rings (SSSR count). The maximum Gasteiger partial charge on any atom is 0.139 e. The van der Waals surface area contributed by atoms with Crippen molar-refractivity contribution in [2.24, 2.45) is 5.92 Å². The highest BCUT2D eigenvalue weighted by atomic mass is 16.5. The van der Waals surface area contributed by atoms with Crippen molar-refractivity contribution in [1.29, 1.82) is 5.26 Å². The van der Waals surface area contributed by atoms with Gasteiger partial charge < -0.3 is 10.5 Å². The van der Waals surface area contributed by atoms with Crippen LogP contribution in [0.4, 0.5) is 5.69 Å². The summed E-state index contributed by atoms with van der Waals surface area (Å²) >= 11 is 0. The Morgan fingerprint density at radius 2 is 2.12 bits per heavy atom. The summed E-state index contributed by atoms with van der Waals surface area (Å²) in [6, 6.07) is 7.51. The van der Waals surface area contributed by atoms with Crippen molar-refractivity contribution in [3.8, 4) is 11.8 Å². The van der Waals surface area contributed by atoms with Gasteiger partial charge in [-0.05, 0) is 37.3 Å². The number of nitrogens with zero attached hydrogens (tertiary/aromatic N) is 1. The van der Waals surface area contributed by atoms with Crippen molar-refractivity contribution < 1.29 is 4.74 Å². The average molecular weight is 230 g/mol. The molecule has 0 aromatic heterocycles. The Morgan fingerprint density at radius 1 is 1.35 bits per heavy atom. The highest BCUT2D eigenvalue weighted by molar-refractivity contribution is 5.60. The van der Waals surface area contributed by atoms with Crippen LogP contribution in [0, 0.1) is 17.2 Å². The fourth-order valence-electron chi connectivity index (χ4n) is 2.39. The summed E-state index contributed by atoms with van der Waals surface area (Å²) in [5.74, 6) is 1.18. The Kier molecular flexibility index (Phi) is 3.53. The van der Waals surface area contributed by atoms with E-state index in [1.165, 1.54) is 19.3 Å². The molecule has 2 unspecified atom stereocenters. The number of nitrogen functional groups attached to an aromatic ring is 1. The summed E-state index contributed by atoms with van der Waals surface area (Å²) in [7, 11) is 0. The third kappa shape index (κ3) is 2.52. The lowest BCUT2D eigenvalue weighted by Crippen LogP contribution is -2.28. The summed E-state index contributed by atoms with van der Waals surface area (Å²) in [4.78, 5) is 0. The number of anilines is 1. The van der Waals surface area contributed by atoms with Crippen LogP contribution in [0.15, 0.2) is 18.2 Å². The molecule has 0 bridgehead atoms. The zero-order chi connectivity index (χ0) is 12.3. The number of hydrogen-bond donors (Lipinski definition) is 1. The Labute approximate surface area is 102 Å². The first kappa shape index (κ1) is 11.8. The fourth-order valence-corrected chi connectivity index (χ4v) is 2.39. The predicted molar refractivity (Wildman–Crippen MR) is 67.6 cm³/mol. The molecule has 3 nitrogen and oxygen atoms in total. The van der Waals surface area contributed by atoms with Gasteiger partial charge in [-0.15, -0.1) is 0 Å². The lowest BCUT2D eigenvalue weighted by molar-refractivity contribution is 0.102. The topological polar surface area (TPSA) is 59.0 Å². The largest absolute Gasteiger partial charge is 0.489 e. The van der Waals surface area contributed by atoms with Crippen LogP contribution >= 0.6 is 0 Å². The minimum Gasteiger partial charge on any atom is -0.489 e. The van der Waals surface area contributed by atoms with Crippen LogP contribution in [0.25, 0.3) is 0 Å². The molecule has 2 atom stereocenters. The van der Waals surface area contributed by atoms with E-state index in [-0.39, 0.29) is 6.10 Å². The zero-order valence-electron chi connectivity index (χ0n) is 10.1. The lowest BCUT2D eigenvalue weighted by atomic mass is 9.88. The first-order chi connectivity index (χ1) is 8.22. The molecule has 1 aromatic carbocycles. The van der Waals surface area contributed by atoms with E-state index in [9.17, 15) is 0 Å². The van der Waals surface area contributed by atoms with E-state index in [1.807, 2.05) is 12.1 Å². The second-order valence-corrected chi connectivity index (χ2v) is 4.75. The minimum absolute atomic E-state index is 0.220. The highest BCUT2D eigenvalue weighted by Crippen LogP contribution is 2.31. The number of benzene rings is 1. The number of rotatable bonds is 2. The summed E-state index contributed by atoms with van der Waals surface area (Å²) in [6.45, 7) is 2.21. The summed E-state index contributed by atoms with van der Waals surface area (Å²) in [5.41, 5.74) is 6.73. The first-order valence-corrected chi connectivity index (χ1v) is 6.17. The van der Waals surface area contributed by atoms with Gasteiger partial charge in [0.1, 0.15) is 23.5 Å². The minimum atomic E-state index is 0.220. The molecule has 0 aliphatic heterocycles. The van der Waals surface area contributed by atoms with Crippen molar-refractivity contribution in [3.63, 3.8) is 0 Å². The molecule has 0 heterocycles. The van der Waals surface area contributed by atoms with Crippen molar-refractivity contribution >= 4 is 5.69 Å². The molecule has 3 heteroatoms. The van der Waals surface area contributed by atoms with E-state index in [2.05, 4.69) is 13.0 Å². The van der Waals surface area contributed by atoms with Crippen LogP contribution in [0.1, 0.15) is 38.2 Å². The molecule has 0 saturated heterocycles. The summed E-state index contributed by atoms with van der Waals surface area (Å²) < 4.78 is 5.97. The Hall–Kier alpha value is -1.69. The summed E-state index contributed by atoms with van der Waals surface area (Å²) in [6.07, 6.45) is 4.98. The van der Waals surface area contributed by atoms with E-state index < -0.39 is 0 Å². The van der Waals surface area contributed by atoms with Gasteiger partial charge in [0.2, 0.25) is 0 Å². The standard InChI is InChI=1S/C14H18N2O/c1-10-5-2-3-7-13(10)17-14-8-4-6-12(16)11(14)9-15/h4,6,8,10,13H,2-3,5,7,16H2,1H3. The maximum absolute atomic E-state index is 9.08. The molecule has 1 aromatic rings. The molecule has 17 heavy (non-hydrogen) atoms. The predicted octanol–water partition coefficient (Wildman–Crippen LogP) is 3.10. The molecule has 2 N–H and O–H groups in total. The molecule has 0 spiro atoms. The molecule has 0 radical (unpaired) electrons. The fraction of sp³-hybridized carbons (Fsp3) is 0.500. The van der Waals surface area contributed by atoms with E-state index >= 15 is 0 Å². The van der Waals surface area contributed by atoms with Crippen LogP contribution in [-0.4, -0.2) is 6.10 Å². The van der Waals surface area contributed by atoms with Gasteiger partial charge in [-0.2, -0.15) is 5.26 Å². The molecule has 1 fully saturated rings. The van der Waals surface area contributed by atoms with Crippen molar-refractivity contribution in [3.05, 3.63) is 23.8 Å². The first-order valence-electron chi connectivity index (χ1n) is 6.17. The van der Waals surface area contributed by atoms with Crippen molar-refractivity contribution in [2.45, 2.75) is 38.7 Å². The third-order valence-electron chi connectivity index (χ3n) is 3.48. The SMILES string of the molecule is CC1CCCCC1Oc1cccc(N)c1C#N. The van der Waals surface area contributed by atoms with E-state index in [0.29, 0.717) is 22.9 Å². The molecule has 1 saturated carbocycles. The Morgan fingerprint density at radius 3 is 2.82 bits per heavy atom. The lowest BCUT2D eigenvalue weighted by Gasteiger charge is -2.29. The smallest absolute Gasteiger partial charge is 0.139 e. The Balaban J connectivity index is 2.18. The van der Waals surface area contributed by atoms with Gasteiger partial charge in [0.15, 0.2) is 0 Å². The number of hydrogen-bond acceptors (Lipinski definition) is 3.